The molecule has 6 rings (SSSR count). The van der Waals surface area contributed by atoms with Gasteiger partial charge in [-0.2, -0.15) is 0 Å². The van der Waals surface area contributed by atoms with Gasteiger partial charge in [-0.3, -0.25) is 9.88 Å². The first kappa shape index (κ1) is 34.6. The molecule has 1 saturated heterocycles. The maximum absolute atomic E-state index is 13.9. The van der Waals surface area contributed by atoms with Crippen molar-refractivity contribution in [3.63, 3.8) is 0 Å². The smallest absolute Gasteiger partial charge is 0.340 e. The number of aryl methyl sites for hydroxylation is 3. The SMILES string of the molecule is Cc1cc(F)ccc1CN1CCc2cc(-c3c(C)nc(C)c(C(OC(C)(C)C)C(=O)OC(C)C)c3N3CCC4(CCC4)CC3)ccc2C1. The van der Waals surface area contributed by atoms with Crippen LogP contribution in [0.2, 0.25) is 0 Å². The molecular formula is C41H54FN3O3. The van der Waals surface area contributed by atoms with E-state index >= 15 is 0 Å². The quantitative estimate of drug-likeness (QED) is 0.226. The van der Waals surface area contributed by atoms with E-state index in [2.05, 4.69) is 34.9 Å². The first-order chi connectivity index (χ1) is 22.7. The van der Waals surface area contributed by atoms with Crippen LogP contribution >= 0.6 is 0 Å². The molecule has 258 valence electrons. The van der Waals surface area contributed by atoms with E-state index in [0.717, 1.165) is 78.5 Å². The predicted molar refractivity (Wildman–Crippen MR) is 191 cm³/mol. The Kier molecular flexibility index (Phi) is 9.76. The highest BCUT2D eigenvalue weighted by Crippen LogP contribution is 2.51. The van der Waals surface area contributed by atoms with Crippen molar-refractivity contribution in [1.29, 1.82) is 0 Å². The summed E-state index contributed by atoms with van der Waals surface area (Å²) in [6, 6.07) is 12.0. The predicted octanol–water partition coefficient (Wildman–Crippen LogP) is 8.95. The second kappa shape index (κ2) is 13.5. The summed E-state index contributed by atoms with van der Waals surface area (Å²) in [6.07, 6.45) is 6.11. The first-order valence-corrected chi connectivity index (χ1v) is 18.0. The van der Waals surface area contributed by atoms with Crippen LogP contribution in [0.15, 0.2) is 36.4 Å². The number of hydrogen-bond donors (Lipinski definition) is 0. The minimum atomic E-state index is -0.894. The zero-order chi connectivity index (χ0) is 34.4. The Morgan fingerprint density at radius 1 is 0.958 bits per heavy atom. The van der Waals surface area contributed by atoms with Crippen LogP contribution in [0.4, 0.5) is 10.1 Å². The summed E-state index contributed by atoms with van der Waals surface area (Å²) < 4.78 is 26.2. The number of pyridine rings is 1. The molecule has 1 saturated carbocycles. The van der Waals surface area contributed by atoms with E-state index in [1.165, 1.54) is 48.8 Å². The second-order valence-electron chi connectivity index (χ2n) is 15.9. The lowest BCUT2D eigenvalue weighted by Gasteiger charge is -2.49. The third-order valence-electron chi connectivity index (χ3n) is 10.7. The van der Waals surface area contributed by atoms with Crippen molar-refractivity contribution in [3.8, 4) is 11.1 Å². The molecule has 3 aliphatic rings. The lowest BCUT2D eigenvalue weighted by Crippen LogP contribution is -2.44. The highest BCUT2D eigenvalue weighted by atomic mass is 19.1. The molecular weight excluding hydrogens is 601 g/mol. The largest absolute Gasteiger partial charge is 0.461 e. The number of anilines is 1. The molecule has 1 aliphatic carbocycles. The molecule has 1 spiro atoms. The Morgan fingerprint density at radius 2 is 1.69 bits per heavy atom. The summed E-state index contributed by atoms with van der Waals surface area (Å²) in [6.45, 7) is 20.3. The average Bonchev–Trinajstić information content (AvgIpc) is 2.99. The van der Waals surface area contributed by atoms with Gasteiger partial charge in [0, 0.05) is 55.2 Å². The van der Waals surface area contributed by atoms with E-state index in [4.69, 9.17) is 14.5 Å². The van der Waals surface area contributed by atoms with Gasteiger partial charge in [0.25, 0.3) is 0 Å². The zero-order valence-corrected chi connectivity index (χ0v) is 30.3. The van der Waals surface area contributed by atoms with Crippen LogP contribution in [0.5, 0.6) is 0 Å². The van der Waals surface area contributed by atoms with Gasteiger partial charge < -0.3 is 14.4 Å². The van der Waals surface area contributed by atoms with Crippen LogP contribution in [0.1, 0.15) is 112 Å². The Labute approximate surface area is 287 Å². The minimum Gasteiger partial charge on any atom is -0.461 e. The molecule has 3 heterocycles. The summed E-state index contributed by atoms with van der Waals surface area (Å²) in [5.41, 5.74) is 10.7. The third-order valence-corrected chi connectivity index (χ3v) is 10.7. The normalized spacial score (nSPS) is 18.5. The molecule has 1 unspecified atom stereocenters. The van der Waals surface area contributed by atoms with Gasteiger partial charge in [-0.05, 0) is 133 Å². The fourth-order valence-electron chi connectivity index (χ4n) is 8.07. The van der Waals surface area contributed by atoms with E-state index in [1.807, 2.05) is 54.5 Å². The molecule has 0 bridgehead atoms. The van der Waals surface area contributed by atoms with Crippen molar-refractivity contribution >= 4 is 11.7 Å². The summed E-state index contributed by atoms with van der Waals surface area (Å²) in [4.78, 5) is 24.0. The van der Waals surface area contributed by atoms with E-state index in [1.54, 1.807) is 12.1 Å². The summed E-state index contributed by atoms with van der Waals surface area (Å²) in [7, 11) is 0. The van der Waals surface area contributed by atoms with Crippen LogP contribution in [0, 0.1) is 32.0 Å². The molecule has 2 aliphatic heterocycles. The number of nitrogens with zero attached hydrogens (tertiary/aromatic N) is 3. The number of fused-ring (bicyclic) bond motifs is 1. The van der Waals surface area contributed by atoms with Crippen LogP contribution in [-0.4, -0.2) is 47.2 Å². The number of benzene rings is 2. The Bertz CT molecular complexity index is 1660. The maximum Gasteiger partial charge on any atom is 0.340 e. The molecule has 0 amide bonds. The summed E-state index contributed by atoms with van der Waals surface area (Å²) in [5.74, 6) is -0.549. The van der Waals surface area contributed by atoms with Gasteiger partial charge in [0.15, 0.2) is 6.10 Å². The van der Waals surface area contributed by atoms with E-state index < -0.39 is 11.7 Å². The molecule has 1 aromatic heterocycles. The lowest BCUT2D eigenvalue weighted by molar-refractivity contribution is -0.171. The molecule has 2 aromatic carbocycles. The van der Waals surface area contributed by atoms with E-state index in [9.17, 15) is 9.18 Å². The number of rotatable bonds is 8. The number of aromatic nitrogens is 1. The van der Waals surface area contributed by atoms with Gasteiger partial charge in [0.1, 0.15) is 5.82 Å². The highest BCUT2D eigenvalue weighted by molar-refractivity contribution is 5.88. The van der Waals surface area contributed by atoms with Crippen molar-refractivity contribution in [2.45, 2.75) is 125 Å². The number of esters is 1. The van der Waals surface area contributed by atoms with Crippen LogP contribution < -0.4 is 4.90 Å². The fraction of sp³-hybridized carbons (Fsp3) is 0.561. The summed E-state index contributed by atoms with van der Waals surface area (Å²) in [5, 5.41) is 0. The standard InChI is InChI=1S/C41H54FN3O3/c1-26(2)47-39(46)38(48-40(6,7)8)36-29(5)43-28(4)35(37(36)45-20-17-41(18-21-45)15-9-16-41)31-10-11-33-25-44(19-14-30(33)23-31)24-32-12-13-34(42)22-27(32)3/h10-13,22-23,26,38H,9,14-21,24-25H2,1-8H3. The van der Waals surface area contributed by atoms with Gasteiger partial charge >= 0.3 is 5.97 Å². The minimum absolute atomic E-state index is 0.184. The van der Waals surface area contributed by atoms with Crippen molar-refractivity contribution in [3.05, 3.63) is 81.4 Å². The van der Waals surface area contributed by atoms with E-state index in [-0.39, 0.29) is 17.9 Å². The molecule has 3 aromatic rings. The number of carbonyl (C=O) groups excluding carboxylic acids is 1. The van der Waals surface area contributed by atoms with Crippen LogP contribution in [0.25, 0.3) is 11.1 Å². The van der Waals surface area contributed by atoms with Gasteiger partial charge in [-0.15, -0.1) is 0 Å². The highest BCUT2D eigenvalue weighted by Gasteiger charge is 2.42. The zero-order valence-electron chi connectivity index (χ0n) is 30.3. The maximum atomic E-state index is 13.9. The van der Waals surface area contributed by atoms with Crippen LogP contribution in [-0.2, 0) is 33.8 Å². The van der Waals surface area contributed by atoms with Crippen LogP contribution in [0.3, 0.4) is 0 Å². The van der Waals surface area contributed by atoms with Crippen molar-refractivity contribution in [1.82, 2.24) is 9.88 Å². The van der Waals surface area contributed by atoms with E-state index in [0.29, 0.717) is 5.41 Å². The van der Waals surface area contributed by atoms with Gasteiger partial charge in [0.05, 0.1) is 17.4 Å². The van der Waals surface area contributed by atoms with Gasteiger partial charge in [0.2, 0.25) is 0 Å². The molecule has 1 atom stereocenters. The number of carbonyl (C=O) groups is 1. The Morgan fingerprint density at radius 3 is 2.31 bits per heavy atom. The molecule has 0 radical (unpaired) electrons. The number of ether oxygens (including phenoxy) is 2. The average molecular weight is 656 g/mol. The number of piperidine rings is 1. The molecule has 7 heteroatoms. The lowest BCUT2D eigenvalue weighted by atomic mass is 9.63. The van der Waals surface area contributed by atoms with Crippen molar-refractivity contribution in [2.75, 3.05) is 24.5 Å². The number of hydrogen-bond acceptors (Lipinski definition) is 6. The molecule has 48 heavy (non-hydrogen) atoms. The van der Waals surface area contributed by atoms with Gasteiger partial charge in [-0.1, -0.05) is 30.7 Å². The van der Waals surface area contributed by atoms with Crippen molar-refractivity contribution in [2.24, 2.45) is 5.41 Å². The Balaban J connectivity index is 1.41. The molecule has 2 fully saturated rings. The second-order valence-corrected chi connectivity index (χ2v) is 15.9. The Hall–Kier alpha value is -3.29. The molecule has 0 N–H and O–H groups in total. The van der Waals surface area contributed by atoms with Crippen molar-refractivity contribution < 1.29 is 18.7 Å². The first-order valence-electron chi connectivity index (χ1n) is 18.0. The molecule has 6 nitrogen and oxygen atoms in total. The third kappa shape index (κ3) is 7.33. The van der Waals surface area contributed by atoms with Gasteiger partial charge in [-0.25, -0.2) is 9.18 Å². The topological polar surface area (TPSA) is 54.9 Å². The monoisotopic (exact) mass is 655 g/mol. The summed E-state index contributed by atoms with van der Waals surface area (Å²) >= 11 is 0. The fourth-order valence-corrected chi connectivity index (χ4v) is 8.07. The number of halogens is 1.